The molecule has 4 rings (SSSR count). The Morgan fingerprint density at radius 2 is 1.90 bits per heavy atom. The standard InChI is InChI=1S/C25H28FNO3/c1-25(2,3)30-24(28)27-19-9-10-20(27)14-18(13-19)22-12-11-21(15-23(22)26)29-16-17-7-5-4-6-8-17/h4-8,11-13,15,19-20H,9-10,14,16H2,1-3H3. The van der Waals surface area contributed by atoms with Gasteiger partial charge in [-0.2, -0.15) is 0 Å². The Morgan fingerprint density at radius 1 is 1.13 bits per heavy atom. The van der Waals surface area contributed by atoms with Gasteiger partial charge in [-0.1, -0.05) is 36.4 Å². The van der Waals surface area contributed by atoms with E-state index < -0.39 is 5.60 Å². The van der Waals surface area contributed by atoms with Crippen molar-refractivity contribution in [2.75, 3.05) is 0 Å². The van der Waals surface area contributed by atoms with Crippen LogP contribution in [-0.4, -0.2) is 28.7 Å². The van der Waals surface area contributed by atoms with E-state index in [1.165, 1.54) is 6.07 Å². The minimum Gasteiger partial charge on any atom is -0.489 e. The molecule has 5 heteroatoms. The third-order valence-electron chi connectivity index (χ3n) is 5.53. The van der Waals surface area contributed by atoms with E-state index in [4.69, 9.17) is 9.47 Å². The first-order valence-corrected chi connectivity index (χ1v) is 10.5. The summed E-state index contributed by atoms with van der Waals surface area (Å²) >= 11 is 0. The van der Waals surface area contributed by atoms with Crippen molar-refractivity contribution in [3.05, 3.63) is 71.6 Å². The zero-order chi connectivity index (χ0) is 21.3. The van der Waals surface area contributed by atoms with E-state index in [2.05, 4.69) is 0 Å². The first kappa shape index (κ1) is 20.5. The first-order valence-electron chi connectivity index (χ1n) is 10.5. The summed E-state index contributed by atoms with van der Waals surface area (Å²) in [6.45, 7) is 6.01. The summed E-state index contributed by atoms with van der Waals surface area (Å²) in [4.78, 5) is 14.4. The van der Waals surface area contributed by atoms with Gasteiger partial charge in [-0.05, 0) is 63.3 Å². The third kappa shape index (κ3) is 4.50. The second kappa shape index (κ2) is 8.13. The second-order valence-electron chi connectivity index (χ2n) is 9.00. The number of fused-ring (bicyclic) bond motifs is 2. The summed E-state index contributed by atoms with van der Waals surface area (Å²) in [5.74, 6) is 0.215. The fraction of sp³-hybridized carbons (Fsp3) is 0.400. The Balaban J connectivity index is 1.47. The van der Waals surface area contributed by atoms with E-state index in [9.17, 15) is 9.18 Å². The molecule has 0 saturated carbocycles. The molecule has 2 aromatic carbocycles. The number of halogens is 1. The van der Waals surface area contributed by atoms with Crippen LogP contribution in [0.1, 0.15) is 51.2 Å². The molecule has 1 fully saturated rings. The lowest BCUT2D eigenvalue weighted by atomic mass is 9.94. The van der Waals surface area contributed by atoms with Crippen molar-refractivity contribution < 1.29 is 18.7 Å². The van der Waals surface area contributed by atoms with Crippen LogP contribution in [0.2, 0.25) is 0 Å². The summed E-state index contributed by atoms with van der Waals surface area (Å²) in [5.41, 5.74) is 2.05. The average Bonchev–Trinajstić information content (AvgIpc) is 2.96. The Labute approximate surface area is 177 Å². The highest BCUT2D eigenvalue weighted by atomic mass is 19.1. The number of amides is 1. The van der Waals surface area contributed by atoms with E-state index >= 15 is 0 Å². The summed E-state index contributed by atoms with van der Waals surface area (Å²) < 4.78 is 26.2. The van der Waals surface area contributed by atoms with E-state index in [1.807, 2.05) is 68.1 Å². The number of rotatable bonds is 4. The maximum Gasteiger partial charge on any atom is 0.411 e. The molecule has 2 aromatic rings. The Morgan fingerprint density at radius 3 is 2.57 bits per heavy atom. The van der Waals surface area contributed by atoms with Crippen LogP contribution in [0, 0.1) is 5.82 Å². The van der Waals surface area contributed by atoms with Crippen molar-refractivity contribution in [2.24, 2.45) is 0 Å². The summed E-state index contributed by atoms with van der Waals surface area (Å²) in [6, 6.07) is 14.9. The van der Waals surface area contributed by atoms with E-state index in [0.29, 0.717) is 24.3 Å². The molecule has 0 N–H and O–H groups in total. The van der Waals surface area contributed by atoms with Crippen LogP contribution in [0.5, 0.6) is 5.75 Å². The molecule has 0 spiro atoms. The number of carbonyl (C=O) groups is 1. The summed E-state index contributed by atoms with van der Waals surface area (Å²) in [6.07, 6.45) is 4.17. The predicted octanol–water partition coefficient (Wildman–Crippen LogP) is 5.96. The fourth-order valence-electron chi connectivity index (χ4n) is 4.22. The Kier molecular flexibility index (Phi) is 5.54. The van der Waals surface area contributed by atoms with Gasteiger partial charge in [0.1, 0.15) is 23.8 Å². The first-order chi connectivity index (χ1) is 14.3. The van der Waals surface area contributed by atoms with Crippen LogP contribution in [0.3, 0.4) is 0 Å². The van der Waals surface area contributed by atoms with E-state index in [-0.39, 0.29) is 24.0 Å². The molecule has 4 nitrogen and oxygen atoms in total. The molecule has 1 amide bonds. The van der Waals surface area contributed by atoms with Gasteiger partial charge >= 0.3 is 6.09 Å². The molecule has 2 heterocycles. The van der Waals surface area contributed by atoms with Gasteiger partial charge in [-0.25, -0.2) is 9.18 Å². The van der Waals surface area contributed by atoms with Gasteiger partial charge in [0.2, 0.25) is 0 Å². The van der Waals surface area contributed by atoms with Crippen LogP contribution < -0.4 is 4.74 Å². The van der Waals surface area contributed by atoms with Gasteiger partial charge in [-0.3, -0.25) is 4.90 Å². The highest BCUT2D eigenvalue weighted by molar-refractivity contribution is 5.75. The van der Waals surface area contributed by atoms with Crippen molar-refractivity contribution in [1.82, 2.24) is 4.90 Å². The number of benzene rings is 2. The highest BCUT2D eigenvalue weighted by Gasteiger charge is 2.41. The van der Waals surface area contributed by atoms with E-state index in [0.717, 1.165) is 24.0 Å². The maximum atomic E-state index is 14.9. The molecule has 2 atom stereocenters. The summed E-state index contributed by atoms with van der Waals surface area (Å²) in [7, 11) is 0. The van der Waals surface area contributed by atoms with Crippen LogP contribution in [0.15, 0.2) is 54.6 Å². The van der Waals surface area contributed by atoms with Gasteiger partial charge in [0, 0.05) is 17.7 Å². The van der Waals surface area contributed by atoms with Crippen molar-refractivity contribution in [3.63, 3.8) is 0 Å². The third-order valence-corrected chi connectivity index (χ3v) is 5.53. The number of hydrogen-bond donors (Lipinski definition) is 0. The van der Waals surface area contributed by atoms with Crippen LogP contribution in [-0.2, 0) is 11.3 Å². The van der Waals surface area contributed by atoms with Crippen LogP contribution in [0.25, 0.3) is 5.57 Å². The monoisotopic (exact) mass is 409 g/mol. The van der Waals surface area contributed by atoms with Crippen molar-refractivity contribution in [1.29, 1.82) is 0 Å². The molecule has 0 aliphatic carbocycles. The Hall–Kier alpha value is -2.82. The molecule has 2 aliphatic rings. The molecular weight excluding hydrogens is 381 g/mol. The predicted molar refractivity (Wildman–Crippen MR) is 115 cm³/mol. The van der Waals surface area contributed by atoms with Gasteiger partial charge in [0.15, 0.2) is 0 Å². The van der Waals surface area contributed by atoms with Crippen molar-refractivity contribution in [2.45, 2.75) is 64.3 Å². The lowest BCUT2D eigenvalue weighted by Crippen LogP contribution is -2.45. The number of nitrogens with zero attached hydrogens (tertiary/aromatic N) is 1. The largest absolute Gasteiger partial charge is 0.489 e. The topological polar surface area (TPSA) is 38.8 Å². The number of carbonyl (C=O) groups excluding carboxylic acids is 1. The minimum atomic E-state index is -0.526. The summed E-state index contributed by atoms with van der Waals surface area (Å²) in [5, 5.41) is 0. The molecule has 2 bridgehead atoms. The number of ether oxygens (including phenoxy) is 2. The van der Waals surface area contributed by atoms with Crippen molar-refractivity contribution in [3.8, 4) is 5.75 Å². The normalized spacial score (nSPS) is 20.7. The zero-order valence-corrected chi connectivity index (χ0v) is 17.7. The Bertz CT molecular complexity index is 949. The van der Waals surface area contributed by atoms with Crippen LogP contribution >= 0.6 is 0 Å². The molecule has 0 radical (unpaired) electrons. The molecular formula is C25H28FNO3. The molecule has 1 saturated heterocycles. The lowest BCUT2D eigenvalue weighted by molar-refractivity contribution is 0.0175. The quantitative estimate of drug-likeness (QED) is 0.625. The van der Waals surface area contributed by atoms with E-state index in [1.54, 1.807) is 6.07 Å². The van der Waals surface area contributed by atoms with Gasteiger partial charge in [0.05, 0.1) is 6.04 Å². The maximum absolute atomic E-state index is 14.9. The second-order valence-corrected chi connectivity index (χ2v) is 9.00. The highest BCUT2D eigenvalue weighted by Crippen LogP contribution is 2.40. The lowest BCUT2D eigenvalue weighted by Gasteiger charge is -2.35. The zero-order valence-electron chi connectivity index (χ0n) is 17.7. The molecule has 30 heavy (non-hydrogen) atoms. The van der Waals surface area contributed by atoms with Gasteiger partial charge in [0.25, 0.3) is 0 Å². The number of hydrogen-bond acceptors (Lipinski definition) is 3. The van der Waals surface area contributed by atoms with Gasteiger partial charge < -0.3 is 9.47 Å². The SMILES string of the molecule is CC(C)(C)OC(=O)N1C2C=C(c3ccc(OCc4ccccc4)cc3F)CC1CC2. The smallest absolute Gasteiger partial charge is 0.411 e. The average molecular weight is 410 g/mol. The molecule has 158 valence electrons. The molecule has 2 aliphatic heterocycles. The molecule has 2 unspecified atom stereocenters. The fourth-order valence-corrected chi connectivity index (χ4v) is 4.22. The van der Waals surface area contributed by atoms with Crippen LogP contribution in [0.4, 0.5) is 9.18 Å². The molecule has 0 aromatic heterocycles. The minimum absolute atomic E-state index is 0.0398. The van der Waals surface area contributed by atoms with Gasteiger partial charge in [-0.15, -0.1) is 0 Å². The van der Waals surface area contributed by atoms with Crippen molar-refractivity contribution >= 4 is 11.7 Å².